The van der Waals surface area contributed by atoms with Crippen LogP contribution >= 0.6 is 0 Å². The Kier molecular flexibility index (Phi) is 4.13. The maximum Gasteiger partial charge on any atom is 0.232 e. The van der Waals surface area contributed by atoms with E-state index in [0.29, 0.717) is 18.2 Å². The van der Waals surface area contributed by atoms with Crippen molar-refractivity contribution in [3.8, 4) is 5.88 Å². The van der Waals surface area contributed by atoms with Gasteiger partial charge in [0, 0.05) is 12.8 Å². The molecule has 18 heavy (non-hydrogen) atoms. The maximum atomic E-state index is 12.0. The van der Waals surface area contributed by atoms with Crippen LogP contribution in [0.1, 0.15) is 18.5 Å². The lowest BCUT2D eigenvalue weighted by Gasteiger charge is -2.09. The molecule has 0 spiro atoms. The molecule has 2 heterocycles. The maximum absolute atomic E-state index is 12.0. The molecule has 7 heteroatoms. The molecule has 1 aliphatic heterocycles. The van der Waals surface area contributed by atoms with Gasteiger partial charge in [0.25, 0.3) is 0 Å². The molecule has 1 fully saturated rings. The van der Waals surface area contributed by atoms with E-state index in [4.69, 9.17) is 9.47 Å². The molecule has 0 amide bonds. The summed E-state index contributed by atoms with van der Waals surface area (Å²) in [4.78, 5) is 7.93. The van der Waals surface area contributed by atoms with E-state index in [2.05, 4.69) is 9.97 Å². The Morgan fingerprint density at radius 3 is 3.00 bits per heavy atom. The van der Waals surface area contributed by atoms with Crippen molar-refractivity contribution in [2.75, 3.05) is 19.5 Å². The molecule has 0 radical (unpaired) electrons. The van der Waals surface area contributed by atoms with Gasteiger partial charge in [0.05, 0.1) is 36.6 Å². The van der Waals surface area contributed by atoms with Crippen LogP contribution in [0, 0.1) is 0 Å². The van der Waals surface area contributed by atoms with Crippen molar-refractivity contribution in [3.05, 3.63) is 18.1 Å². The Morgan fingerprint density at radius 2 is 2.33 bits per heavy atom. The second kappa shape index (κ2) is 5.62. The van der Waals surface area contributed by atoms with Gasteiger partial charge in [-0.15, -0.1) is 0 Å². The van der Waals surface area contributed by atoms with Gasteiger partial charge in [0.2, 0.25) is 5.88 Å². The second-order valence-corrected chi connectivity index (χ2v) is 6.35. The fourth-order valence-corrected chi connectivity index (χ4v) is 3.43. The molecular formula is C11H16N2O4S. The fourth-order valence-electron chi connectivity index (χ4n) is 1.90. The van der Waals surface area contributed by atoms with E-state index >= 15 is 0 Å². The number of rotatable bonds is 5. The highest BCUT2D eigenvalue weighted by molar-refractivity contribution is 7.90. The Hall–Kier alpha value is -1.21. The number of aromatic nitrogens is 2. The highest BCUT2D eigenvalue weighted by atomic mass is 32.2. The Balaban J connectivity index is 2.02. The molecule has 0 saturated carbocycles. The molecule has 1 aliphatic rings. The van der Waals surface area contributed by atoms with Crippen molar-refractivity contribution >= 4 is 9.84 Å². The standard InChI is InChI=1S/C11H16N2O4S/c1-16-11-6-12-5-9(13-11)7-18(14,15)8-10-3-2-4-17-10/h5-6,10H,2-4,7-8H2,1H3. The van der Waals surface area contributed by atoms with Crippen molar-refractivity contribution in [3.63, 3.8) is 0 Å². The molecule has 6 nitrogen and oxygen atoms in total. The normalized spacial score (nSPS) is 19.9. The quantitative estimate of drug-likeness (QED) is 0.780. The van der Waals surface area contributed by atoms with Crippen LogP contribution < -0.4 is 4.74 Å². The summed E-state index contributed by atoms with van der Waals surface area (Å²) in [5, 5.41) is 0. The van der Waals surface area contributed by atoms with Gasteiger partial charge in [-0.05, 0) is 12.8 Å². The van der Waals surface area contributed by atoms with Crippen LogP contribution in [0.5, 0.6) is 5.88 Å². The fraction of sp³-hybridized carbons (Fsp3) is 0.636. The summed E-state index contributed by atoms with van der Waals surface area (Å²) in [5.74, 6) is 0.239. The zero-order valence-corrected chi connectivity index (χ0v) is 11.0. The van der Waals surface area contributed by atoms with Crippen LogP contribution in [-0.4, -0.2) is 44.0 Å². The lowest BCUT2D eigenvalue weighted by Crippen LogP contribution is -2.21. The minimum absolute atomic E-state index is 0.0475. The number of ether oxygens (including phenoxy) is 2. The van der Waals surface area contributed by atoms with Crippen molar-refractivity contribution in [1.29, 1.82) is 0 Å². The minimum Gasteiger partial charge on any atom is -0.480 e. The van der Waals surface area contributed by atoms with Crippen molar-refractivity contribution in [2.24, 2.45) is 0 Å². The summed E-state index contributed by atoms with van der Waals surface area (Å²) in [6, 6.07) is 0. The van der Waals surface area contributed by atoms with E-state index in [-0.39, 0.29) is 17.6 Å². The molecule has 0 bridgehead atoms. The first kappa shape index (κ1) is 13.2. The Labute approximate surface area is 106 Å². The third kappa shape index (κ3) is 3.64. The van der Waals surface area contributed by atoms with Crippen molar-refractivity contribution < 1.29 is 17.9 Å². The van der Waals surface area contributed by atoms with E-state index in [0.717, 1.165) is 12.8 Å². The summed E-state index contributed by atoms with van der Waals surface area (Å²) in [6.07, 6.45) is 4.45. The predicted octanol–water partition coefficient (Wildman–Crippen LogP) is 0.579. The van der Waals surface area contributed by atoms with Crippen molar-refractivity contribution in [1.82, 2.24) is 9.97 Å². The average molecular weight is 272 g/mol. The van der Waals surface area contributed by atoms with Gasteiger partial charge in [-0.2, -0.15) is 0 Å². The largest absolute Gasteiger partial charge is 0.480 e. The predicted molar refractivity (Wildman–Crippen MR) is 65.0 cm³/mol. The summed E-state index contributed by atoms with van der Waals surface area (Å²) < 4.78 is 34.2. The zero-order valence-electron chi connectivity index (χ0n) is 10.2. The van der Waals surface area contributed by atoms with Crippen LogP contribution in [0.25, 0.3) is 0 Å². The summed E-state index contributed by atoms with van der Waals surface area (Å²) in [6.45, 7) is 0.652. The molecule has 0 N–H and O–H groups in total. The molecule has 1 aromatic rings. The van der Waals surface area contributed by atoms with Gasteiger partial charge < -0.3 is 9.47 Å². The molecule has 100 valence electrons. The van der Waals surface area contributed by atoms with Gasteiger partial charge in [0.15, 0.2) is 9.84 Å². The first-order chi connectivity index (χ1) is 8.59. The smallest absolute Gasteiger partial charge is 0.232 e. The van der Waals surface area contributed by atoms with Crippen molar-refractivity contribution in [2.45, 2.75) is 24.7 Å². The number of nitrogens with zero attached hydrogens (tertiary/aromatic N) is 2. The van der Waals surface area contributed by atoms with Crippen LogP contribution in [0.2, 0.25) is 0 Å². The minimum atomic E-state index is -3.23. The summed E-state index contributed by atoms with van der Waals surface area (Å²) in [7, 11) is -1.76. The number of methoxy groups -OCH3 is 1. The van der Waals surface area contributed by atoms with Crippen LogP contribution in [0.3, 0.4) is 0 Å². The molecule has 2 rings (SSSR count). The third-order valence-electron chi connectivity index (χ3n) is 2.70. The molecule has 1 unspecified atom stereocenters. The molecule has 1 atom stereocenters. The molecule has 1 saturated heterocycles. The number of hydrogen-bond donors (Lipinski definition) is 0. The van der Waals surface area contributed by atoms with E-state index < -0.39 is 9.84 Å². The van der Waals surface area contributed by atoms with E-state index in [1.165, 1.54) is 19.5 Å². The lowest BCUT2D eigenvalue weighted by molar-refractivity contribution is 0.127. The highest BCUT2D eigenvalue weighted by Gasteiger charge is 2.24. The zero-order chi connectivity index (χ0) is 13.0. The number of hydrogen-bond acceptors (Lipinski definition) is 6. The topological polar surface area (TPSA) is 78.4 Å². The second-order valence-electron chi connectivity index (χ2n) is 4.24. The number of sulfone groups is 1. The van der Waals surface area contributed by atoms with Crippen LogP contribution in [-0.2, 0) is 20.3 Å². The Bertz CT molecular complexity index is 498. The Morgan fingerprint density at radius 1 is 1.50 bits per heavy atom. The SMILES string of the molecule is COc1cncc(CS(=O)(=O)CC2CCCO2)n1. The van der Waals surface area contributed by atoms with Gasteiger partial charge in [-0.1, -0.05) is 0 Å². The average Bonchev–Trinajstić information content (AvgIpc) is 2.80. The van der Waals surface area contributed by atoms with Gasteiger partial charge >= 0.3 is 0 Å². The molecule has 0 aliphatic carbocycles. The molecule has 1 aromatic heterocycles. The van der Waals surface area contributed by atoms with E-state index in [9.17, 15) is 8.42 Å². The first-order valence-electron chi connectivity index (χ1n) is 5.76. The highest BCUT2D eigenvalue weighted by Crippen LogP contribution is 2.16. The van der Waals surface area contributed by atoms with Crippen LogP contribution in [0.4, 0.5) is 0 Å². The van der Waals surface area contributed by atoms with E-state index in [1.807, 2.05) is 0 Å². The van der Waals surface area contributed by atoms with Crippen LogP contribution in [0.15, 0.2) is 12.4 Å². The summed E-state index contributed by atoms with van der Waals surface area (Å²) >= 11 is 0. The monoisotopic (exact) mass is 272 g/mol. The van der Waals surface area contributed by atoms with Gasteiger partial charge in [-0.25, -0.2) is 13.4 Å². The van der Waals surface area contributed by atoms with E-state index in [1.54, 1.807) is 0 Å². The summed E-state index contributed by atoms with van der Waals surface area (Å²) in [5.41, 5.74) is 0.396. The van der Waals surface area contributed by atoms with Gasteiger partial charge in [0.1, 0.15) is 0 Å². The molecular weight excluding hydrogens is 256 g/mol. The lowest BCUT2D eigenvalue weighted by atomic mass is 10.3. The molecule has 0 aromatic carbocycles. The van der Waals surface area contributed by atoms with Gasteiger partial charge in [-0.3, -0.25) is 4.98 Å². The first-order valence-corrected chi connectivity index (χ1v) is 7.58. The third-order valence-corrected chi connectivity index (χ3v) is 4.32.